The van der Waals surface area contributed by atoms with E-state index in [1.165, 1.54) is 77.0 Å². The molecule has 4 aliphatic carbocycles. The first kappa shape index (κ1) is 29.3. The van der Waals surface area contributed by atoms with Crippen molar-refractivity contribution in [2.45, 2.75) is 132 Å². The molecule has 0 heteroatoms. The molecule has 4 rings (SSSR count). The van der Waals surface area contributed by atoms with Crippen LogP contribution in [0.5, 0.6) is 0 Å². The van der Waals surface area contributed by atoms with E-state index in [4.69, 9.17) is 0 Å². The van der Waals surface area contributed by atoms with Crippen molar-refractivity contribution in [1.82, 2.24) is 0 Å². The first-order chi connectivity index (χ1) is 15.2. The van der Waals surface area contributed by atoms with Crippen LogP contribution in [-0.2, 0) is 0 Å². The van der Waals surface area contributed by atoms with Crippen LogP contribution in [0.15, 0.2) is 35.5 Å². The van der Waals surface area contributed by atoms with Crippen molar-refractivity contribution in [2.75, 3.05) is 0 Å². The Labute approximate surface area is 203 Å². The highest BCUT2D eigenvalue weighted by Gasteiger charge is 2.13. The first-order valence-corrected chi connectivity index (χ1v) is 14.1. The SMILES string of the molecule is CC1=CCC(C)CC1.CC1=CCC(C)CC1.CC1C=CC(C)CC1.CC1CCC(C)CC1. The summed E-state index contributed by atoms with van der Waals surface area (Å²) in [6.07, 6.45) is 26.2. The van der Waals surface area contributed by atoms with Gasteiger partial charge in [-0.3, -0.25) is 0 Å². The molecule has 1 saturated carbocycles. The molecule has 0 N–H and O–H groups in total. The van der Waals surface area contributed by atoms with Crippen LogP contribution in [0.2, 0.25) is 0 Å². The zero-order chi connectivity index (χ0) is 23.9. The molecule has 0 aliphatic heterocycles. The van der Waals surface area contributed by atoms with E-state index in [0.717, 1.165) is 35.5 Å². The van der Waals surface area contributed by atoms with Crippen molar-refractivity contribution in [1.29, 1.82) is 0 Å². The van der Waals surface area contributed by atoms with Crippen LogP contribution < -0.4 is 0 Å². The largest absolute Gasteiger partial charge is 0.0854 e. The predicted molar refractivity (Wildman–Crippen MR) is 147 cm³/mol. The minimum absolute atomic E-state index is 0.839. The van der Waals surface area contributed by atoms with Crippen molar-refractivity contribution in [3.05, 3.63) is 35.5 Å². The second kappa shape index (κ2) is 16.8. The van der Waals surface area contributed by atoms with Gasteiger partial charge in [0, 0.05) is 0 Å². The third-order valence-corrected chi connectivity index (χ3v) is 7.95. The maximum Gasteiger partial charge on any atom is -0.0262 e. The van der Waals surface area contributed by atoms with E-state index in [1.807, 2.05) is 0 Å². The summed E-state index contributed by atoms with van der Waals surface area (Å²) >= 11 is 0. The van der Waals surface area contributed by atoms with E-state index < -0.39 is 0 Å². The third-order valence-electron chi connectivity index (χ3n) is 7.95. The van der Waals surface area contributed by atoms with Gasteiger partial charge in [-0.25, -0.2) is 0 Å². The summed E-state index contributed by atoms with van der Waals surface area (Å²) in [7, 11) is 0. The van der Waals surface area contributed by atoms with Crippen LogP contribution in [0.25, 0.3) is 0 Å². The molecule has 0 aromatic carbocycles. The number of rotatable bonds is 0. The van der Waals surface area contributed by atoms with Crippen molar-refractivity contribution < 1.29 is 0 Å². The van der Waals surface area contributed by atoms with Crippen LogP contribution in [0.3, 0.4) is 0 Å². The fraction of sp³-hybridized carbons (Fsp3) is 0.812. The van der Waals surface area contributed by atoms with Crippen LogP contribution >= 0.6 is 0 Å². The Morgan fingerprint density at radius 3 is 1.03 bits per heavy atom. The zero-order valence-electron chi connectivity index (χ0n) is 23.3. The molecule has 0 bridgehead atoms. The van der Waals surface area contributed by atoms with Gasteiger partial charge in [0.05, 0.1) is 0 Å². The summed E-state index contributed by atoms with van der Waals surface area (Å²) in [6.45, 7) is 18.4. The van der Waals surface area contributed by atoms with Crippen LogP contribution in [0.1, 0.15) is 132 Å². The zero-order valence-corrected chi connectivity index (χ0v) is 23.3. The van der Waals surface area contributed by atoms with Crippen molar-refractivity contribution in [3.8, 4) is 0 Å². The molecule has 0 nitrogen and oxygen atoms in total. The molecule has 0 heterocycles. The average Bonchev–Trinajstić information content (AvgIpc) is 2.78. The lowest BCUT2D eigenvalue weighted by Crippen LogP contribution is -2.08. The van der Waals surface area contributed by atoms with Crippen molar-refractivity contribution in [3.63, 3.8) is 0 Å². The van der Waals surface area contributed by atoms with Crippen LogP contribution in [0, 0.1) is 35.5 Å². The molecule has 0 spiro atoms. The monoisotopic (exact) mass is 442 g/mol. The number of allylic oxidation sites excluding steroid dienone is 6. The third kappa shape index (κ3) is 15.1. The normalized spacial score (nSPS) is 34.2. The maximum absolute atomic E-state index is 2.37. The molecule has 4 aliphatic rings. The van der Waals surface area contributed by atoms with Gasteiger partial charge in [0.2, 0.25) is 0 Å². The van der Waals surface area contributed by atoms with Gasteiger partial charge in [0.15, 0.2) is 0 Å². The van der Waals surface area contributed by atoms with Crippen molar-refractivity contribution >= 4 is 0 Å². The second-order valence-electron chi connectivity index (χ2n) is 12.1. The minimum Gasteiger partial charge on any atom is -0.0854 e. The van der Waals surface area contributed by atoms with E-state index in [1.54, 1.807) is 11.1 Å². The van der Waals surface area contributed by atoms with Gasteiger partial charge in [-0.2, -0.15) is 0 Å². The first-order valence-electron chi connectivity index (χ1n) is 14.1. The Morgan fingerprint density at radius 2 is 0.812 bits per heavy atom. The Balaban J connectivity index is 0.000000213. The second-order valence-corrected chi connectivity index (χ2v) is 12.1. The van der Waals surface area contributed by atoms with Gasteiger partial charge in [0.1, 0.15) is 0 Å². The molecule has 0 aromatic rings. The summed E-state index contributed by atoms with van der Waals surface area (Å²) in [5.74, 6) is 5.60. The molecule has 4 atom stereocenters. The van der Waals surface area contributed by atoms with E-state index in [-0.39, 0.29) is 0 Å². The van der Waals surface area contributed by atoms with Gasteiger partial charge in [0.25, 0.3) is 0 Å². The molecule has 0 aromatic heterocycles. The molecule has 0 amide bonds. The smallest absolute Gasteiger partial charge is 0.0262 e. The standard InChI is InChI=1S/C8H16.3C8H14/c4*1-7-3-5-8(2)6-4-7/h7-8H,3-6H2,1-2H3;2*3,8H,4-6H2,1-2H3;3,5,7-8H,4,6H2,1-2H3. The molecule has 32 heavy (non-hydrogen) atoms. The van der Waals surface area contributed by atoms with E-state index >= 15 is 0 Å². The average molecular weight is 443 g/mol. The molecular formula is C32H58. The Bertz CT molecular complexity index is 505. The Kier molecular flexibility index (Phi) is 15.3. The van der Waals surface area contributed by atoms with Crippen molar-refractivity contribution in [2.24, 2.45) is 35.5 Å². The highest BCUT2D eigenvalue weighted by Crippen LogP contribution is 2.27. The van der Waals surface area contributed by atoms with E-state index in [9.17, 15) is 0 Å². The highest BCUT2D eigenvalue weighted by molar-refractivity contribution is 5.02. The lowest BCUT2D eigenvalue weighted by molar-refractivity contribution is 0.308. The minimum atomic E-state index is 0.839. The summed E-state index contributed by atoms with van der Waals surface area (Å²) in [5.41, 5.74) is 3.17. The lowest BCUT2D eigenvalue weighted by Gasteiger charge is -2.22. The fourth-order valence-corrected chi connectivity index (χ4v) is 4.72. The highest BCUT2D eigenvalue weighted by atomic mass is 14.2. The number of hydrogen-bond acceptors (Lipinski definition) is 0. The van der Waals surface area contributed by atoms with Gasteiger partial charge in [-0.05, 0) is 101 Å². The number of hydrogen-bond donors (Lipinski definition) is 0. The summed E-state index contributed by atoms with van der Waals surface area (Å²) in [5, 5.41) is 0. The molecule has 0 radical (unpaired) electrons. The summed E-state index contributed by atoms with van der Waals surface area (Å²) in [4.78, 5) is 0. The topological polar surface area (TPSA) is 0 Å². The van der Waals surface area contributed by atoms with Crippen LogP contribution in [0.4, 0.5) is 0 Å². The van der Waals surface area contributed by atoms with Gasteiger partial charge < -0.3 is 0 Å². The van der Waals surface area contributed by atoms with Gasteiger partial charge >= 0.3 is 0 Å². The summed E-state index contributed by atoms with van der Waals surface area (Å²) in [6, 6.07) is 0. The van der Waals surface area contributed by atoms with Crippen LogP contribution in [-0.4, -0.2) is 0 Å². The molecular weight excluding hydrogens is 384 g/mol. The molecule has 186 valence electrons. The fourth-order valence-electron chi connectivity index (χ4n) is 4.72. The Morgan fingerprint density at radius 1 is 0.469 bits per heavy atom. The maximum atomic E-state index is 2.37. The lowest BCUT2D eigenvalue weighted by atomic mass is 9.84. The molecule has 0 saturated heterocycles. The summed E-state index contributed by atoms with van der Waals surface area (Å²) < 4.78 is 0. The molecule has 4 unspecified atom stereocenters. The van der Waals surface area contributed by atoms with Gasteiger partial charge in [-0.1, -0.05) is 103 Å². The molecule has 1 fully saturated rings. The van der Waals surface area contributed by atoms with E-state index in [2.05, 4.69) is 79.7 Å². The quantitative estimate of drug-likeness (QED) is 0.327. The predicted octanol–water partition coefficient (Wildman–Crippen LogP) is 10.9. The van der Waals surface area contributed by atoms with Gasteiger partial charge in [-0.15, -0.1) is 0 Å². The Hall–Kier alpha value is -0.780. The van der Waals surface area contributed by atoms with E-state index in [0.29, 0.717) is 0 Å².